The second-order valence-electron chi connectivity index (χ2n) is 2.00. The number of hydrogen-bond donors (Lipinski definition) is 1. The largest absolute Gasteiger partial charge is 0.398 e. The van der Waals surface area contributed by atoms with Gasteiger partial charge < -0.3 is 5.73 Å². The molecule has 0 radical (unpaired) electrons. The Kier molecular flexibility index (Phi) is 2.35. The van der Waals surface area contributed by atoms with Gasteiger partial charge in [0.2, 0.25) is 0 Å². The van der Waals surface area contributed by atoms with Crippen LogP contribution in [0.3, 0.4) is 0 Å². The van der Waals surface area contributed by atoms with Gasteiger partial charge in [0.1, 0.15) is 5.75 Å². The average Bonchev–Trinajstić information content (AvgIpc) is 1.96. The molecule has 0 unspecified atom stereocenters. The van der Waals surface area contributed by atoms with Gasteiger partial charge in [-0.2, -0.15) is 0 Å². The van der Waals surface area contributed by atoms with E-state index in [1.54, 1.807) is 0 Å². The van der Waals surface area contributed by atoms with E-state index >= 15 is 0 Å². The highest BCUT2D eigenvalue weighted by atomic mass is 35.5. The van der Waals surface area contributed by atoms with Crippen LogP contribution in [-0.4, -0.2) is 5.09 Å². The molecule has 0 aliphatic rings. The summed E-state index contributed by atoms with van der Waals surface area (Å²) < 4.78 is 0. The Morgan fingerprint density at radius 1 is 1.58 bits per heavy atom. The maximum atomic E-state index is 9.87. The molecule has 1 rings (SSSR count). The third-order valence-corrected chi connectivity index (χ3v) is 1.48. The number of nitrogen functional groups attached to an aromatic ring is 1. The predicted molar refractivity (Wildman–Crippen MR) is 43.5 cm³/mol. The number of anilines is 1. The van der Waals surface area contributed by atoms with E-state index in [-0.39, 0.29) is 10.8 Å². The summed E-state index contributed by atoms with van der Waals surface area (Å²) in [5, 5.41) is 9.19. The van der Waals surface area contributed by atoms with Crippen LogP contribution >= 0.6 is 11.6 Å². The Morgan fingerprint density at radius 3 is 2.75 bits per heavy atom. The molecule has 1 aromatic carbocycles. The van der Waals surface area contributed by atoms with Crippen LogP contribution in [0.5, 0.6) is 5.75 Å². The van der Waals surface area contributed by atoms with E-state index in [1.165, 1.54) is 18.2 Å². The number of nitrogens with two attached hydrogens (primary N) is 1. The number of rotatable bonds is 2. The van der Waals surface area contributed by atoms with Crippen molar-refractivity contribution < 1.29 is 9.92 Å². The Labute approximate surface area is 72.8 Å². The third-order valence-electron chi connectivity index (χ3n) is 1.15. The Hall–Kier alpha value is -1.49. The average molecular weight is 189 g/mol. The zero-order chi connectivity index (χ0) is 9.14. The molecule has 0 saturated carbocycles. The summed E-state index contributed by atoms with van der Waals surface area (Å²) in [5.41, 5.74) is 5.72. The van der Waals surface area contributed by atoms with Crippen LogP contribution in [0.15, 0.2) is 18.2 Å². The van der Waals surface area contributed by atoms with Crippen LogP contribution in [0.1, 0.15) is 0 Å². The Morgan fingerprint density at radius 2 is 2.25 bits per heavy atom. The van der Waals surface area contributed by atoms with Crippen molar-refractivity contribution in [2.45, 2.75) is 0 Å². The summed E-state index contributed by atoms with van der Waals surface area (Å²) in [5.74, 6) is 0.0548. The van der Waals surface area contributed by atoms with Crippen molar-refractivity contribution in [2.24, 2.45) is 0 Å². The molecular formula is C6H5ClN2O3. The van der Waals surface area contributed by atoms with E-state index in [4.69, 9.17) is 17.3 Å². The normalized spacial score (nSPS) is 9.42. The van der Waals surface area contributed by atoms with Crippen LogP contribution < -0.4 is 10.6 Å². The summed E-state index contributed by atoms with van der Waals surface area (Å²) in [7, 11) is 0. The lowest BCUT2D eigenvalue weighted by Gasteiger charge is -2.00. The molecule has 6 heteroatoms. The van der Waals surface area contributed by atoms with Crippen molar-refractivity contribution in [2.75, 3.05) is 5.73 Å². The highest BCUT2D eigenvalue weighted by molar-refractivity contribution is 6.33. The van der Waals surface area contributed by atoms with E-state index in [9.17, 15) is 10.1 Å². The molecule has 0 aromatic heterocycles. The fourth-order valence-corrected chi connectivity index (χ4v) is 0.821. The second kappa shape index (κ2) is 3.27. The van der Waals surface area contributed by atoms with Crippen molar-refractivity contribution in [1.82, 2.24) is 0 Å². The highest BCUT2D eigenvalue weighted by Crippen LogP contribution is 2.23. The van der Waals surface area contributed by atoms with Gasteiger partial charge in [0.05, 0.1) is 10.7 Å². The van der Waals surface area contributed by atoms with E-state index in [0.29, 0.717) is 5.69 Å². The number of benzene rings is 1. The van der Waals surface area contributed by atoms with Gasteiger partial charge in [0.15, 0.2) is 0 Å². The highest BCUT2D eigenvalue weighted by Gasteiger charge is 2.01. The van der Waals surface area contributed by atoms with Crippen LogP contribution in [0.4, 0.5) is 5.69 Å². The molecule has 2 N–H and O–H groups in total. The molecule has 0 fully saturated rings. The fourth-order valence-electron chi connectivity index (χ4n) is 0.651. The molecule has 0 aliphatic carbocycles. The van der Waals surface area contributed by atoms with Gasteiger partial charge in [0, 0.05) is 0 Å². The van der Waals surface area contributed by atoms with Gasteiger partial charge in [-0.25, -0.2) is 0 Å². The summed E-state index contributed by atoms with van der Waals surface area (Å²) in [6.45, 7) is 0. The number of nitrogens with zero attached hydrogens (tertiary/aromatic N) is 1. The molecule has 0 saturated heterocycles. The first-order valence-corrected chi connectivity index (χ1v) is 3.35. The minimum atomic E-state index is -0.915. The maximum absolute atomic E-state index is 9.87. The van der Waals surface area contributed by atoms with E-state index in [1.807, 2.05) is 0 Å². The molecule has 64 valence electrons. The molecule has 0 amide bonds. The minimum Gasteiger partial charge on any atom is -0.398 e. The van der Waals surface area contributed by atoms with Gasteiger partial charge in [0.25, 0.3) is 5.09 Å². The van der Waals surface area contributed by atoms with Crippen molar-refractivity contribution in [3.05, 3.63) is 33.3 Å². The smallest absolute Gasteiger partial charge is 0.299 e. The van der Waals surface area contributed by atoms with Crippen LogP contribution in [0.25, 0.3) is 0 Å². The maximum Gasteiger partial charge on any atom is 0.299 e. The van der Waals surface area contributed by atoms with Gasteiger partial charge in [-0.1, -0.05) is 11.6 Å². The molecule has 12 heavy (non-hydrogen) atoms. The van der Waals surface area contributed by atoms with Crippen LogP contribution in [-0.2, 0) is 0 Å². The monoisotopic (exact) mass is 188 g/mol. The molecule has 1 aromatic rings. The molecule has 0 aliphatic heterocycles. The molecule has 5 nitrogen and oxygen atoms in total. The van der Waals surface area contributed by atoms with Crippen molar-refractivity contribution >= 4 is 17.3 Å². The van der Waals surface area contributed by atoms with Crippen molar-refractivity contribution in [3.63, 3.8) is 0 Å². The van der Waals surface area contributed by atoms with Gasteiger partial charge in [-0.3, -0.25) is 4.84 Å². The van der Waals surface area contributed by atoms with Gasteiger partial charge in [-0.15, -0.1) is 10.1 Å². The first kappa shape index (κ1) is 8.61. The Bertz CT molecular complexity index is 316. The quantitative estimate of drug-likeness (QED) is 0.433. The predicted octanol–water partition coefficient (Wildman–Crippen LogP) is 1.49. The SMILES string of the molecule is Nc1ccc(O[N+](=O)[O-])cc1Cl. The lowest BCUT2D eigenvalue weighted by Crippen LogP contribution is -2.03. The summed E-state index contributed by atoms with van der Waals surface area (Å²) in [4.78, 5) is 14.0. The van der Waals surface area contributed by atoms with Crippen molar-refractivity contribution in [1.29, 1.82) is 0 Å². The second-order valence-corrected chi connectivity index (χ2v) is 2.41. The zero-order valence-electron chi connectivity index (χ0n) is 5.86. The topological polar surface area (TPSA) is 78.4 Å². The minimum absolute atomic E-state index is 0.0548. The lowest BCUT2D eigenvalue weighted by molar-refractivity contribution is -0.711. The standard InChI is InChI=1S/C6H5ClN2O3/c7-5-3-4(12-9(10)11)1-2-6(5)8/h1-3H,8H2. The van der Waals surface area contributed by atoms with Gasteiger partial charge in [-0.05, 0) is 18.2 Å². The first-order chi connectivity index (χ1) is 5.59. The molecule has 0 spiro atoms. The summed E-state index contributed by atoms with van der Waals surface area (Å²) >= 11 is 5.57. The molecular weight excluding hydrogens is 184 g/mol. The fraction of sp³-hybridized carbons (Fsp3) is 0. The van der Waals surface area contributed by atoms with Crippen molar-refractivity contribution in [3.8, 4) is 5.75 Å². The number of halogens is 1. The molecule has 0 atom stereocenters. The molecule has 0 bridgehead atoms. The van der Waals surface area contributed by atoms with E-state index in [2.05, 4.69) is 4.84 Å². The van der Waals surface area contributed by atoms with E-state index in [0.717, 1.165) is 0 Å². The summed E-state index contributed by atoms with van der Waals surface area (Å²) in [6.07, 6.45) is 0. The summed E-state index contributed by atoms with van der Waals surface area (Å²) in [6, 6.07) is 4.07. The zero-order valence-corrected chi connectivity index (χ0v) is 6.62. The third kappa shape index (κ3) is 2.00. The first-order valence-electron chi connectivity index (χ1n) is 2.97. The Balaban J connectivity index is 2.89. The van der Waals surface area contributed by atoms with Crippen LogP contribution in [0, 0.1) is 10.1 Å². The lowest BCUT2D eigenvalue weighted by atomic mass is 10.3. The van der Waals surface area contributed by atoms with E-state index < -0.39 is 5.09 Å². The van der Waals surface area contributed by atoms with Gasteiger partial charge >= 0.3 is 0 Å². The van der Waals surface area contributed by atoms with Crippen LogP contribution in [0.2, 0.25) is 5.02 Å². The molecule has 0 heterocycles. The number of hydrogen-bond acceptors (Lipinski definition) is 4.